The number of carbonyl (C=O) groups excluding carboxylic acids is 3. The number of carbonyl (C=O) groups is 3. The molecule has 2 aliphatic rings. The Labute approximate surface area is 246 Å². The number of nitrogen functional groups attached to an aromatic ring is 2. The lowest BCUT2D eigenvalue weighted by molar-refractivity contribution is -0.115. The van der Waals surface area contributed by atoms with Gasteiger partial charge in [-0.3, -0.25) is 19.6 Å². The molecule has 0 radical (unpaired) electrons. The fourth-order valence-corrected chi connectivity index (χ4v) is 5.22. The molecule has 5 aromatic rings. The molecule has 7 rings (SSSR count). The lowest BCUT2D eigenvalue weighted by Crippen LogP contribution is -2.22. The Morgan fingerprint density at radius 1 is 0.698 bits per heavy atom. The average molecular weight is 575 g/mol. The summed E-state index contributed by atoms with van der Waals surface area (Å²) in [6, 6.07) is 20.7. The maximum Gasteiger partial charge on any atom is 0.196 e. The summed E-state index contributed by atoms with van der Waals surface area (Å²) in [7, 11) is 0. The van der Waals surface area contributed by atoms with Gasteiger partial charge >= 0.3 is 0 Å². The Kier molecular flexibility index (Phi) is 7.19. The normalized spacial score (nSPS) is 13.8. The fourth-order valence-electron chi connectivity index (χ4n) is 5.22. The van der Waals surface area contributed by atoms with E-state index in [-0.39, 0.29) is 40.1 Å². The van der Waals surface area contributed by atoms with E-state index in [9.17, 15) is 24.6 Å². The topological polar surface area (TPSA) is 168 Å². The molecule has 216 valence electrons. The number of anilines is 2. The SMILES string of the molecule is CC(C)=O.CC1(C)N=c2ccc3c(O)c4ccccc4c(O)c3c2=N1.Nc1ccc2c(c1N)C(=O)c1ccccc1C2=O. The first-order valence-corrected chi connectivity index (χ1v) is 13.5. The van der Waals surface area contributed by atoms with Crippen molar-refractivity contribution in [3.8, 4) is 11.5 Å². The molecule has 0 amide bonds. The Morgan fingerprint density at radius 3 is 1.88 bits per heavy atom. The van der Waals surface area contributed by atoms with Crippen molar-refractivity contribution in [3.63, 3.8) is 0 Å². The van der Waals surface area contributed by atoms with E-state index in [1.165, 1.54) is 13.8 Å². The highest BCUT2D eigenvalue weighted by atomic mass is 16.3. The van der Waals surface area contributed by atoms with Crippen molar-refractivity contribution in [2.45, 2.75) is 33.4 Å². The van der Waals surface area contributed by atoms with Crippen LogP contribution in [0, 0.1) is 0 Å². The van der Waals surface area contributed by atoms with E-state index in [1.54, 1.807) is 54.6 Å². The van der Waals surface area contributed by atoms with Crippen LogP contribution in [0.2, 0.25) is 0 Å². The zero-order valence-electron chi connectivity index (χ0n) is 24.1. The number of hydrogen-bond donors (Lipinski definition) is 4. The summed E-state index contributed by atoms with van der Waals surface area (Å²) in [5, 5.41) is 25.0. The molecule has 1 aliphatic carbocycles. The Balaban J connectivity index is 0.000000154. The molecule has 9 heteroatoms. The van der Waals surface area contributed by atoms with Crippen LogP contribution in [0.4, 0.5) is 11.4 Å². The number of fused-ring (bicyclic) bond motifs is 6. The minimum atomic E-state index is -0.537. The zero-order valence-corrected chi connectivity index (χ0v) is 24.1. The predicted octanol–water partition coefficient (Wildman–Crippen LogP) is 4.61. The van der Waals surface area contributed by atoms with Crippen molar-refractivity contribution in [1.82, 2.24) is 0 Å². The molecular formula is C34H30N4O5. The van der Waals surface area contributed by atoms with E-state index in [2.05, 4.69) is 9.98 Å². The van der Waals surface area contributed by atoms with Gasteiger partial charge in [0.25, 0.3) is 0 Å². The number of benzene rings is 5. The second kappa shape index (κ2) is 10.7. The third-order valence-corrected chi connectivity index (χ3v) is 7.03. The van der Waals surface area contributed by atoms with Crippen molar-refractivity contribution in [2.75, 3.05) is 11.5 Å². The van der Waals surface area contributed by atoms with Gasteiger partial charge in [0.05, 0.1) is 33.0 Å². The number of hydrogen-bond acceptors (Lipinski definition) is 9. The highest BCUT2D eigenvalue weighted by Crippen LogP contribution is 2.39. The molecular weight excluding hydrogens is 544 g/mol. The molecule has 0 bridgehead atoms. The molecule has 0 spiro atoms. The molecule has 1 aliphatic heterocycles. The zero-order chi connectivity index (χ0) is 31.2. The van der Waals surface area contributed by atoms with Crippen LogP contribution < -0.4 is 22.2 Å². The van der Waals surface area contributed by atoms with Crippen LogP contribution in [0.25, 0.3) is 21.5 Å². The van der Waals surface area contributed by atoms with Gasteiger partial charge in [0.2, 0.25) is 0 Å². The minimum Gasteiger partial charge on any atom is -0.507 e. The van der Waals surface area contributed by atoms with Gasteiger partial charge in [-0.15, -0.1) is 0 Å². The molecule has 0 saturated heterocycles. The molecule has 1 heterocycles. The molecule has 0 fully saturated rings. The van der Waals surface area contributed by atoms with Gasteiger partial charge in [-0.05, 0) is 52.0 Å². The minimum absolute atomic E-state index is 0.145. The number of ketones is 3. The summed E-state index contributed by atoms with van der Waals surface area (Å²) in [5.74, 6) is 0.0462. The summed E-state index contributed by atoms with van der Waals surface area (Å²) in [6.07, 6.45) is 0. The number of aromatic hydroxyl groups is 2. The number of phenolic OH excluding ortho intramolecular Hbond substituents is 2. The van der Waals surface area contributed by atoms with Crippen molar-refractivity contribution in [1.29, 1.82) is 0 Å². The third kappa shape index (κ3) is 5.05. The number of phenols is 2. The lowest BCUT2D eigenvalue weighted by Gasteiger charge is -2.19. The number of nitrogens with zero attached hydrogens (tertiary/aromatic N) is 2. The van der Waals surface area contributed by atoms with Crippen LogP contribution in [0.15, 0.2) is 82.8 Å². The molecule has 0 atom stereocenters. The Bertz CT molecular complexity index is 2130. The van der Waals surface area contributed by atoms with Crippen molar-refractivity contribution in [2.24, 2.45) is 9.98 Å². The lowest BCUT2D eigenvalue weighted by atomic mass is 9.83. The van der Waals surface area contributed by atoms with Crippen LogP contribution in [0.3, 0.4) is 0 Å². The van der Waals surface area contributed by atoms with Crippen LogP contribution in [0.1, 0.15) is 59.5 Å². The van der Waals surface area contributed by atoms with Crippen LogP contribution >= 0.6 is 0 Å². The van der Waals surface area contributed by atoms with E-state index in [1.807, 2.05) is 32.0 Å². The summed E-state index contributed by atoms with van der Waals surface area (Å²) < 4.78 is 0. The second-order valence-electron chi connectivity index (χ2n) is 10.9. The molecule has 0 saturated carbocycles. The smallest absolute Gasteiger partial charge is 0.196 e. The predicted molar refractivity (Wildman–Crippen MR) is 166 cm³/mol. The summed E-state index contributed by atoms with van der Waals surface area (Å²) in [6.45, 7) is 6.88. The largest absolute Gasteiger partial charge is 0.507 e. The van der Waals surface area contributed by atoms with Gasteiger partial charge in [0.15, 0.2) is 11.6 Å². The maximum atomic E-state index is 12.3. The van der Waals surface area contributed by atoms with Crippen LogP contribution in [0.5, 0.6) is 11.5 Å². The first kappa shape index (κ1) is 28.9. The third-order valence-electron chi connectivity index (χ3n) is 7.03. The number of nitrogens with two attached hydrogens (primary N) is 2. The average Bonchev–Trinajstić information content (AvgIpc) is 3.29. The van der Waals surface area contributed by atoms with Crippen LogP contribution in [-0.2, 0) is 4.79 Å². The van der Waals surface area contributed by atoms with E-state index in [0.717, 1.165) is 5.36 Å². The van der Waals surface area contributed by atoms with Crippen molar-refractivity contribution >= 4 is 50.3 Å². The molecule has 0 aromatic heterocycles. The standard InChI is InChI=1S/C17H14N2O2.C14H10N2O2.C3H6O/c1-17(2)18-12-8-7-11-13(14(12)19-17)16(21)10-6-4-3-5-9(10)15(11)20;15-10-6-5-9-11(12(10)16)14(18)8-4-2-1-3-7(8)13(9)17;1-3(2)4/h3-8,20-21H,1-2H3;1-6H,15-16H2;1-2H3. The van der Waals surface area contributed by atoms with Gasteiger partial charge in [-0.25, -0.2) is 0 Å². The monoisotopic (exact) mass is 574 g/mol. The molecule has 43 heavy (non-hydrogen) atoms. The van der Waals surface area contributed by atoms with E-state index in [4.69, 9.17) is 11.5 Å². The first-order chi connectivity index (χ1) is 20.3. The molecule has 9 nitrogen and oxygen atoms in total. The van der Waals surface area contributed by atoms with E-state index >= 15 is 0 Å². The quantitative estimate of drug-likeness (QED) is 0.117. The number of Topliss-reactive ketones (excluding diaryl/α,β-unsaturated/α-hetero) is 1. The second-order valence-corrected chi connectivity index (χ2v) is 10.9. The first-order valence-electron chi connectivity index (χ1n) is 13.5. The summed E-state index contributed by atoms with van der Waals surface area (Å²) in [4.78, 5) is 43.2. The van der Waals surface area contributed by atoms with Gasteiger partial charge in [0, 0.05) is 32.8 Å². The Hall–Kier alpha value is -5.57. The highest BCUT2D eigenvalue weighted by Gasteiger charge is 2.31. The summed E-state index contributed by atoms with van der Waals surface area (Å²) in [5.41, 5.74) is 12.8. The van der Waals surface area contributed by atoms with E-state index < -0.39 is 5.66 Å². The molecule has 5 aromatic carbocycles. The molecule has 6 N–H and O–H groups in total. The fraction of sp³-hybridized carbons (Fsp3) is 0.147. The summed E-state index contributed by atoms with van der Waals surface area (Å²) >= 11 is 0. The Morgan fingerprint density at radius 2 is 1.26 bits per heavy atom. The van der Waals surface area contributed by atoms with Gasteiger partial charge in [-0.2, -0.15) is 0 Å². The van der Waals surface area contributed by atoms with Gasteiger partial charge in [-0.1, -0.05) is 48.5 Å². The highest BCUT2D eigenvalue weighted by molar-refractivity contribution is 6.30. The molecule has 0 unspecified atom stereocenters. The van der Waals surface area contributed by atoms with Crippen molar-refractivity contribution in [3.05, 3.63) is 106 Å². The number of rotatable bonds is 0. The van der Waals surface area contributed by atoms with Gasteiger partial charge in [0.1, 0.15) is 22.9 Å². The van der Waals surface area contributed by atoms with Crippen molar-refractivity contribution < 1.29 is 24.6 Å². The van der Waals surface area contributed by atoms with Gasteiger partial charge < -0.3 is 26.5 Å². The maximum absolute atomic E-state index is 12.3. The van der Waals surface area contributed by atoms with Crippen LogP contribution in [-0.4, -0.2) is 33.2 Å². The van der Waals surface area contributed by atoms with E-state index in [0.29, 0.717) is 49.3 Å².